The van der Waals surface area contributed by atoms with Crippen LogP contribution in [0.1, 0.15) is 5.56 Å². The van der Waals surface area contributed by atoms with Gasteiger partial charge in [-0.1, -0.05) is 12.1 Å². The van der Waals surface area contributed by atoms with Gasteiger partial charge in [-0.3, -0.25) is 0 Å². The summed E-state index contributed by atoms with van der Waals surface area (Å²) in [7, 11) is 1.51. The minimum absolute atomic E-state index is 0.366. The van der Waals surface area contributed by atoms with Crippen molar-refractivity contribution in [1.82, 2.24) is 0 Å². The summed E-state index contributed by atoms with van der Waals surface area (Å²) in [6.07, 6.45) is 0. The van der Waals surface area contributed by atoms with E-state index in [9.17, 15) is 9.18 Å². The summed E-state index contributed by atoms with van der Waals surface area (Å²) in [5.74, 6) is 0.0880. The van der Waals surface area contributed by atoms with Crippen LogP contribution in [0.5, 0.6) is 5.75 Å². The standard InChI is InChI=1S/C15H16FN3O2/c1-21-14-7-10(9-17)5-6-13(14)19-15(20)18-12-4-2-3-11(16)8-12/h2-8H,9,17H2,1H3,(H2,18,19,20). The largest absolute Gasteiger partial charge is 0.495 e. The molecule has 21 heavy (non-hydrogen) atoms. The molecule has 0 bridgehead atoms. The average molecular weight is 289 g/mol. The number of nitrogens with one attached hydrogen (secondary N) is 2. The van der Waals surface area contributed by atoms with Crippen LogP contribution in [0.15, 0.2) is 42.5 Å². The van der Waals surface area contributed by atoms with Gasteiger partial charge >= 0.3 is 6.03 Å². The molecule has 0 aliphatic rings. The van der Waals surface area contributed by atoms with Crippen LogP contribution >= 0.6 is 0 Å². The third-order valence-corrected chi connectivity index (χ3v) is 2.83. The molecule has 2 amide bonds. The molecule has 0 aromatic heterocycles. The predicted molar refractivity (Wildman–Crippen MR) is 79.9 cm³/mol. The van der Waals surface area contributed by atoms with Crippen LogP contribution in [0.25, 0.3) is 0 Å². The zero-order chi connectivity index (χ0) is 15.2. The first kappa shape index (κ1) is 14.8. The van der Waals surface area contributed by atoms with Crippen molar-refractivity contribution in [3.05, 3.63) is 53.8 Å². The van der Waals surface area contributed by atoms with Gasteiger partial charge in [0.25, 0.3) is 0 Å². The van der Waals surface area contributed by atoms with Crippen LogP contribution < -0.4 is 21.1 Å². The number of halogens is 1. The Labute approximate surface area is 121 Å². The van der Waals surface area contributed by atoms with E-state index in [-0.39, 0.29) is 0 Å². The van der Waals surface area contributed by atoms with E-state index in [1.807, 2.05) is 0 Å². The lowest BCUT2D eigenvalue weighted by atomic mass is 10.2. The lowest BCUT2D eigenvalue weighted by Gasteiger charge is -2.12. The van der Waals surface area contributed by atoms with Gasteiger partial charge in [0.2, 0.25) is 0 Å². The van der Waals surface area contributed by atoms with E-state index in [0.29, 0.717) is 23.7 Å². The van der Waals surface area contributed by atoms with Crippen molar-refractivity contribution in [1.29, 1.82) is 0 Å². The fourth-order valence-corrected chi connectivity index (χ4v) is 1.82. The van der Waals surface area contributed by atoms with Crippen molar-refractivity contribution in [2.24, 2.45) is 5.73 Å². The highest BCUT2D eigenvalue weighted by molar-refractivity contribution is 6.00. The number of amides is 2. The Balaban J connectivity index is 2.09. The minimum Gasteiger partial charge on any atom is -0.495 e. The molecule has 0 aliphatic heterocycles. The van der Waals surface area contributed by atoms with Crippen molar-refractivity contribution in [2.45, 2.75) is 6.54 Å². The molecule has 2 aromatic rings. The molecule has 0 saturated carbocycles. The van der Waals surface area contributed by atoms with Gasteiger partial charge in [0.05, 0.1) is 12.8 Å². The first-order valence-electron chi connectivity index (χ1n) is 6.33. The average Bonchev–Trinajstić information content (AvgIpc) is 2.47. The molecule has 5 nitrogen and oxygen atoms in total. The molecule has 6 heteroatoms. The Hall–Kier alpha value is -2.60. The maximum Gasteiger partial charge on any atom is 0.323 e. The summed E-state index contributed by atoms with van der Waals surface area (Å²) in [6, 6.07) is 10.4. The normalized spacial score (nSPS) is 10.0. The molecular weight excluding hydrogens is 273 g/mol. The molecule has 0 atom stereocenters. The maximum absolute atomic E-state index is 13.0. The number of ether oxygens (including phenoxy) is 1. The number of anilines is 2. The Morgan fingerprint density at radius 3 is 2.71 bits per heavy atom. The number of methoxy groups -OCH3 is 1. The molecule has 2 aromatic carbocycles. The third kappa shape index (κ3) is 3.93. The molecule has 0 spiro atoms. The van der Waals surface area contributed by atoms with E-state index >= 15 is 0 Å². The van der Waals surface area contributed by atoms with Crippen molar-refractivity contribution in [3.63, 3.8) is 0 Å². The summed E-state index contributed by atoms with van der Waals surface area (Å²) in [5, 5.41) is 5.18. The molecule has 110 valence electrons. The van der Waals surface area contributed by atoms with E-state index in [0.717, 1.165) is 5.56 Å². The minimum atomic E-state index is -0.487. The van der Waals surface area contributed by atoms with Crippen LogP contribution in [0.2, 0.25) is 0 Å². The molecule has 0 unspecified atom stereocenters. The van der Waals surface area contributed by atoms with Crippen molar-refractivity contribution >= 4 is 17.4 Å². The zero-order valence-corrected chi connectivity index (χ0v) is 11.5. The van der Waals surface area contributed by atoms with E-state index < -0.39 is 11.8 Å². The number of urea groups is 1. The first-order chi connectivity index (χ1) is 10.1. The summed E-state index contributed by atoms with van der Waals surface area (Å²) < 4.78 is 18.2. The monoisotopic (exact) mass is 289 g/mol. The van der Waals surface area contributed by atoms with Crippen LogP contribution in [-0.2, 0) is 6.54 Å². The Morgan fingerprint density at radius 2 is 2.05 bits per heavy atom. The van der Waals surface area contributed by atoms with Gasteiger partial charge in [0.15, 0.2) is 0 Å². The maximum atomic E-state index is 13.0. The smallest absolute Gasteiger partial charge is 0.323 e. The number of carbonyl (C=O) groups is 1. The molecule has 2 rings (SSSR count). The van der Waals surface area contributed by atoms with E-state index in [1.54, 1.807) is 24.3 Å². The second kappa shape index (κ2) is 6.71. The second-order valence-electron chi connectivity index (χ2n) is 4.33. The highest BCUT2D eigenvalue weighted by Gasteiger charge is 2.08. The fourth-order valence-electron chi connectivity index (χ4n) is 1.82. The van der Waals surface area contributed by atoms with Gasteiger partial charge in [-0.05, 0) is 35.9 Å². The molecular formula is C15H16FN3O2. The molecule has 4 N–H and O–H groups in total. The SMILES string of the molecule is COc1cc(CN)ccc1NC(=O)Nc1cccc(F)c1. The van der Waals surface area contributed by atoms with E-state index in [2.05, 4.69) is 10.6 Å². The third-order valence-electron chi connectivity index (χ3n) is 2.83. The second-order valence-corrected chi connectivity index (χ2v) is 4.33. The summed E-state index contributed by atoms with van der Waals surface area (Å²) in [6.45, 7) is 0.381. The number of hydrogen-bond donors (Lipinski definition) is 3. The number of nitrogens with two attached hydrogens (primary N) is 1. The molecule has 0 fully saturated rings. The highest BCUT2D eigenvalue weighted by atomic mass is 19.1. The number of benzene rings is 2. The van der Waals surface area contributed by atoms with Crippen LogP contribution in [0.3, 0.4) is 0 Å². The Kier molecular flexibility index (Phi) is 4.73. The summed E-state index contributed by atoms with van der Waals surface area (Å²) in [5.41, 5.74) is 7.31. The van der Waals surface area contributed by atoms with Crippen molar-refractivity contribution in [3.8, 4) is 5.75 Å². The summed E-state index contributed by atoms with van der Waals surface area (Å²) >= 11 is 0. The van der Waals surface area contributed by atoms with Gasteiger partial charge in [-0.15, -0.1) is 0 Å². The number of hydrogen-bond acceptors (Lipinski definition) is 3. The van der Waals surface area contributed by atoms with Gasteiger partial charge in [-0.25, -0.2) is 9.18 Å². The van der Waals surface area contributed by atoms with Gasteiger partial charge in [-0.2, -0.15) is 0 Å². The van der Waals surface area contributed by atoms with Gasteiger partial charge < -0.3 is 21.1 Å². The Bertz CT molecular complexity index is 647. The molecule has 0 radical (unpaired) electrons. The topological polar surface area (TPSA) is 76.4 Å². The van der Waals surface area contributed by atoms with E-state index in [1.165, 1.54) is 25.3 Å². The lowest BCUT2D eigenvalue weighted by molar-refractivity contribution is 0.262. The lowest BCUT2D eigenvalue weighted by Crippen LogP contribution is -2.20. The number of rotatable bonds is 4. The Morgan fingerprint density at radius 1 is 1.24 bits per heavy atom. The highest BCUT2D eigenvalue weighted by Crippen LogP contribution is 2.25. The zero-order valence-electron chi connectivity index (χ0n) is 11.5. The van der Waals surface area contributed by atoms with Gasteiger partial charge in [0, 0.05) is 12.2 Å². The van der Waals surface area contributed by atoms with Crippen molar-refractivity contribution < 1.29 is 13.9 Å². The predicted octanol–water partition coefficient (Wildman–Crippen LogP) is 2.94. The van der Waals surface area contributed by atoms with Crippen molar-refractivity contribution in [2.75, 3.05) is 17.7 Å². The first-order valence-corrected chi connectivity index (χ1v) is 6.33. The van der Waals surface area contributed by atoms with Crippen LogP contribution in [-0.4, -0.2) is 13.1 Å². The molecule has 0 saturated heterocycles. The van der Waals surface area contributed by atoms with Crippen LogP contribution in [0, 0.1) is 5.82 Å². The quantitative estimate of drug-likeness (QED) is 0.810. The molecule has 0 heterocycles. The number of carbonyl (C=O) groups excluding carboxylic acids is 1. The molecule has 0 aliphatic carbocycles. The van der Waals surface area contributed by atoms with Gasteiger partial charge in [0.1, 0.15) is 11.6 Å². The van der Waals surface area contributed by atoms with Crippen LogP contribution in [0.4, 0.5) is 20.6 Å². The van der Waals surface area contributed by atoms with E-state index in [4.69, 9.17) is 10.5 Å². The summed E-state index contributed by atoms with van der Waals surface area (Å²) in [4.78, 5) is 11.9. The fraction of sp³-hybridized carbons (Fsp3) is 0.133.